The molecular formula is C13H12O3. The summed E-state index contributed by atoms with van der Waals surface area (Å²) in [6.45, 7) is 1.96. The van der Waals surface area contributed by atoms with Crippen LogP contribution in [-0.2, 0) is 6.42 Å². The molecular weight excluding hydrogens is 204 g/mol. The summed E-state index contributed by atoms with van der Waals surface area (Å²) in [6, 6.07) is 8.82. The number of aromatic carboxylic acids is 1. The fourth-order valence-electron chi connectivity index (χ4n) is 1.89. The highest BCUT2D eigenvalue weighted by atomic mass is 16.4. The van der Waals surface area contributed by atoms with Gasteiger partial charge in [-0.1, -0.05) is 31.2 Å². The molecule has 0 saturated heterocycles. The van der Waals surface area contributed by atoms with Crippen LogP contribution in [0.2, 0.25) is 0 Å². The highest BCUT2D eigenvalue weighted by molar-refractivity contribution is 6.01. The number of benzene rings is 2. The molecule has 0 radical (unpaired) electrons. The zero-order chi connectivity index (χ0) is 11.7. The number of hydrogen-bond donors (Lipinski definition) is 2. The summed E-state index contributed by atoms with van der Waals surface area (Å²) >= 11 is 0. The van der Waals surface area contributed by atoms with Crippen molar-refractivity contribution in [1.82, 2.24) is 0 Å². The largest absolute Gasteiger partial charge is 0.506 e. The van der Waals surface area contributed by atoms with E-state index in [-0.39, 0.29) is 11.3 Å². The molecule has 2 N–H and O–H groups in total. The van der Waals surface area contributed by atoms with Crippen LogP contribution in [0, 0.1) is 0 Å². The molecule has 0 spiro atoms. The van der Waals surface area contributed by atoms with Crippen LogP contribution < -0.4 is 0 Å². The van der Waals surface area contributed by atoms with Gasteiger partial charge >= 0.3 is 5.97 Å². The number of aryl methyl sites for hydroxylation is 1. The van der Waals surface area contributed by atoms with Gasteiger partial charge in [-0.15, -0.1) is 0 Å². The summed E-state index contributed by atoms with van der Waals surface area (Å²) in [7, 11) is 0. The maximum atomic E-state index is 11.0. The van der Waals surface area contributed by atoms with Gasteiger partial charge in [-0.05, 0) is 23.4 Å². The summed E-state index contributed by atoms with van der Waals surface area (Å²) in [6.07, 6.45) is 0.737. The minimum absolute atomic E-state index is 0.0319. The number of aromatic hydroxyl groups is 1. The Kier molecular flexibility index (Phi) is 2.52. The molecule has 0 atom stereocenters. The van der Waals surface area contributed by atoms with Gasteiger partial charge in [-0.3, -0.25) is 0 Å². The van der Waals surface area contributed by atoms with Crippen molar-refractivity contribution in [3.05, 3.63) is 41.5 Å². The van der Waals surface area contributed by atoms with E-state index in [9.17, 15) is 9.90 Å². The van der Waals surface area contributed by atoms with Crippen molar-refractivity contribution in [1.29, 1.82) is 0 Å². The Morgan fingerprint density at radius 3 is 2.44 bits per heavy atom. The monoisotopic (exact) mass is 216 g/mol. The number of fused-ring (bicyclic) bond motifs is 1. The second-order valence-corrected chi connectivity index (χ2v) is 3.64. The first kappa shape index (κ1) is 10.5. The molecule has 16 heavy (non-hydrogen) atoms. The molecule has 3 nitrogen and oxygen atoms in total. The molecule has 2 rings (SSSR count). The molecule has 3 heteroatoms. The van der Waals surface area contributed by atoms with Crippen molar-refractivity contribution in [3.63, 3.8) is 0 Å². The van der Waals surface area contributed by atoms with Gasteiger partial charge in [0.25, 0.3) is 0 Å². The van der Waals surface area contributed by atoms with E-state index in [1.807, 2.05) is 19.1 Å². The first-order valence-corrected chi connectivity index (χ1v) is 5.12. The maximum Gasteiger partial charge on any atom is 0.339 e. The van der Waals surface area contributed by atoms with Gasteiger partial charge < -0.3 is 10.2 Å². The molecule has 0 aromatic heterocycles. The van der Waals surface area contributed by atoms with E-state index in [4.69, 9.17) is 5.11 Å². The molecule has 0 amide bonds. The third-order valence-corrected chi connectivity index (χ3v) is 2.71. The van der Waals surface area contributed by atoms with Crippen LogP contribution in [0.3, 0.4) is 0 Å². The third kappa shape index (κ3) is 1.50. The zero-order valence-electron chi connectivity index (χ0n) is 8.90. The van der Waals surface area contributed by atoms with E-state index in [2.05, 4.69) is 0 Å². The molecule has 82 valence electrons. The summed E-state index contributed by atoms with van der Waals surface area (Å²) in [5, 5.41) is 20.4. The number of carbonyl (C=O) groups is 1. The van der Waals surface area contributed by atoms with Crippen LogP contribution in [0.4, 0.5) is 0 Å². The summed E-state index contributed by atoms with van der Waals surface area (Å²) < 4.78 is 0. The van der Waals surface area contributed by atoms with Crippen molar-refractivity contribution in [2.45, 2.75) is 13.3 Å². The highest BCUT2D eigenvalue weighted by Crippen LogP contribution is 2.31. The molecule has 0 aliphatic carbocycles. The standard InChI is InChI=1S/C13H12O3/c1-2-8-7-11(13(15)16)12(14)10-6-4-3-5-9(8)10/h3-7,14H,2H2,1H3,(H,15,16). The van der Waals surface area contributed by atoms with Gasteiger partial charge in [0, 0.05) is 5.39 Å². The first-order valence-electron chi connectivity index (χ1n) is 5.12. The van der Waals surface area contributed by atoms with Gasteiger partial charge in [0.1, 0.15) is 11.3 Å². The average Bonchev–Trinajstić information content (AvgIpc) is 2.29. The highest BCUT2D eigenvalue weighted by Gasteiger charge is 2.14. The fraction of sp³-hybridized carbons (Fsp3) is 0.154. The fourth-order valence-corrected chi connectivity index (χ4v) is 1.89. The molecule has 0 aliphatic rings. The molecule has 0 aliphatic heterocycles. The lowest BCUT2D eigenvalue weighted by molar-refractivity contribution is 0.0694. The Morgan fingerprint density at radius 1 is 1.25 bits per heavy atom. The second kappa shape index (κ2) is 3.85. The van der Waals surface area contributed by atoms with E-state index in [0.717, 1.165) is 17.4 Å². The Balaban J connectivity index is 2.88. The predicted molar refractivity (Wildman–Crippen MR) is 62.0 cm³/mol. The molecule has 2 aromatic rings. The SMILES string of the molecule is CCc1cc(C(=O)O)c(O)c2ccccc12. The number of rotatable bonds is 2. The second-order valence-electron chi connectivity index (χ2n) is 3.64. The smallest absolute Gasteiger partial charge is 0.339 e. The molecule has 0 fully saturated rings. The quantitative estimate of drug-likeness (QED) is 0.811. The number of phenols is 1. The van der Waals surface area contributed by atoms with E-state index in [0.29, 0.717) is 5.39 Å². The topological polar surface area (TPSA) is 57.5 Å². The van der Waals surface area contributed by atoms with Crippen molar-refractivity contribution in [3.8, 4) is 5.75 Å². The maximum absolute atomic E-state index is 11.0. The first-order chi connectivity index (χ1) is 7.65. The van der Waals surface area contributed by atoms with Gasteiger partial charge in [-0.2, -0.15) is 0 Å². The van der Waals surface area contributed by atoms with E-state index < -0.39 is 5.97 Å². The summed E-state index contributed by atoms with van der Waals surface area (Å²) in [5.41, 5.74) is 0.904. The Bertz CT molecular complexity index is 558. The van der Waals surface area contributed by atoms with Gasteiger partial charge in [0.2, 0.25) is 0 Å². The van der Waals surface area contributed by atoms with E-state index in [1.165, 1.54) is 0 Å². The van der Waals surface area contributed by atoms with Crippen LogP contribution in [0.25, 0.3) is 10.8 Å². The van der Waals surface area contributed by atoms with Crippen molar-refractivity contribution < 1.29 is 15.0 Å². The molecule has 2 aromatic carbocycles. The lowest BCUT2D eigenvalue weighted by atomic mass is 9.98. The summed E-state index contributed by atoms with van der Waals surface area (Å²) in [4.78, 5) is 11.0. The Morgan fingerprint density at radius 2 is 1.88 bits per heavy atom. The van der Waals surface area contributed by atoms with E-state index in [1.54, 1.807) is 18.2 Å². The van der Waals surface area contributed by atoms with Crippen LogP contribution in [0.15, 0.2) is 30.3 Å². The zero-order valence-corrected chi connectivity index (χ0v) is 8.90. The van der Waals surface area contributed by atoms with Crippen molar-refractivity contribution in [2.75, 3.05) is 0 Å². The van der Waals surface area contributed by atoms with Crippen molar-refractivity contribution in [2.24, 2.45) is 0 Å². The van der Waals surface area contributed by atoms with E-state index >= 15 is 0 Å². The van der Waals surface area contributed by atoms with Gasteiger partial charge in [-0.25, -0.2) is 4.79 Å². The number of carboxylic acids is 1. The third-order valence-electron chi connectivity index (χ3n) is 2.71. The van der Waals surface area contributed by atoms with Crippen LogP contribution in [0.5, 0.6) is 5.75 Å². The van der Waals surface area contributed by atoms with Crippen LogP contribution >= 0.6 is 0 Å². The number of hydrogen-bond acceptors (Lipinski definition) is 2. The van der Waals surface area contributed by atoms with Gasteiger partial charge in [0.15, 0.2) is 0 Å². The normalized spacial score (nSPS) is 10.6. The summed E-state index contributed by atoms with van der Waals surface area (Å²) in [5.74, 6) is -1.25. The minimum Gasteiger partial charge on any atom is -0.506 e. The lowest BCUT2D eigenvalue weighted by Gasteiger charge is -2.09. The minimum atomic E-state index is -1.10. The predicted octanol–water partition coefficient (Wildman–Crippen LogP) is 2.81. The number of carboxylic acid groups (broad SMARTS) is 1. The molecule has 0 bridgehead atoms. The molecule has 0 heterocycles. The van der Waals surface area contributed by atoms with Crippen molar-refractivity contribution >= 4 is 16.7 Å². The lowest BCUT2D eigenvalue weighted by Crippen LogP contribution is -1.99. The Hall–Kier alpha value is -2.03. The van der Waals surface area contributed by atoms with Gasteiger partial charge in [0.05, 0.1) is 0 Å². The average molecular weight is 216 g/mol. The van der Waals surface area contributed by atoms with Crippen LogP contribution in [-0.4, -0.2) is 16.2 Å². The molecule has 0 unspecified atom stereocenters. The molecule has 0 saturated carbocycles. The Labute approximate surface area is 93.0 Å². The van der Waals surface area contributed by atoms with Crippen LogP contribution in [0.1, 0.15) is 22.8 Å².